The van der Waals surface area contributed by atoms with Crippen LogP contribution >= 0.6 is 0 Å². The number of H-pyrrole nitrogens is 2. The molecule has 0 saturated heterocycles. The molecule has 0 radical (unpaired) electrons. The molecule has 0 fully saturated rings. The summed E-state index contributed by atoms with van der Waals surface area (Å²) in [6, 6.07) is 70.4. The van der Waals surface area contributed by atoms with Gasteiger partial charge >= 0.3 is 23.9 Å². The first-order valence-corrected chi connectivity index (χ1v) is 38.4. The first-order chi connectivity index (χ1) is 54.5. The Kier molecular flexibility index (Phi) is 33.2. The van der Waals surface area contributed by atoms with Gasteiger partial charge in [-0.25, -0.2) is 0 Å². The second kappa shape index (κ2) is 43.9. The van der Waals surface area contributed by atoms with Gasteiger partial charge in [0.1, 0.15) is 0 Å². The van der Waals surface area contributed by atoms with Gasteiger partial charge in [-0.2, -0.15) is 0 Å². The van der Waals surface area contributed by atoms with Crippen molar-refractivity contribution in [2.75, 3.05) is 56.6 Å². The van der Waals surface area contributed by atoms with Crippen molar-refractivity contribution in [2.45, 2.75) is 114 Å². The quantitative estimate of drug-likeness (QED) is 0.0158. The highest BCUT2D eigenvalue weighted by Crippen LogP contribution is 2.36. The minimum Gasteiger partial charge on any atom is -0.469 e. The predicted octanol–water partition coefficient (Wildman–Crippen LogP) is 13.8. The predicted molar refractivity (Wildman–Crippen MR) is 442 cm³/mol. The summed E-state index contributed by atoms with van der Waals surface area (Å²) in [6.45, 7) is 0. The molecule has 0 spiro atoms. The average molecular weight is 1510 g/mol. The molecule has 0 bridgehead atoms. The average Bonchev–Trinajstić information content (AvgIpc) is 1.71. The van der Waals surface area contributed by atoms with Crippen molar-refractivity contribution in [2.24, 2.45) is 23.7 Å². The number of aromatic amines is 2. The molecule has 18 heteroatoms. The van der Waals surface area contributed by atoms with Crippen molar-refractivity contribution in [1.82, 2.24) is 31.2 Å². The van der Waals surface area contributed by atoms with Gasteiger partial charge in [-0.1, -0.05) is 218 Å². The Morgan fingerprint density at radius 3 is 0.875 bits per heavy atom. The van der Waals surface area contributed by atoms with E-state index in [1.54, 1.807) is 28.2 Å². The summed E-state index contributed by atoms with van der Waals surface area (Å²) in [4.78, 5) is 108. The highest BCUT2D eigenvalue weighted by atomic mass is 16.5. The molecule has 2 aromatic heterocycles. The van der Waals surface area contributed by atoms with Gasteiger partial charge in [-0.05, 0) is 171 Å². The normalized spacial score (nSPS) is 14.0. The van der Waals surface area contributed by atoms with Crippen LogP contribution in [0.15, 0.2) is 243 Å². The summed E-state index contributed by atoms with van der Waals surface area (Å²) in [5.41, 5.74) is 15.6. The maximum atomic E-state index is 13.2. The third kappa shape index (κ3) is 24.4. The minimum absolute atomic E-state index is 0.0131. The smallest absolute Gasteiger partial charge is 0.309 e. The molecule has 0 amide bonds. The SMILES string of the molecule is CNC(Cc1c[nH]c2ccccc12)C(=O)CC(CC1=CCc2ccccc21)C(=O)OC.CNC(Cc1c[nH]c2ccccc12)C(=O)CC(Cc1ccccc1)C(=O)OC.CNC(Cc1ccccc1)C(=O)CC(CC1=CCc2ccccc21)C(=O)OC.CNC(Cc1ccccc1)C(=O)CC(Cc1ccccc1)C(=O)OC. The number of carbonyl (C=O) groups is 8. The molecule has 0 aliphatic heterocycles. The molecular formula is C94H106N6O12. The molecule has 2 aliphatic rings. The summed E-state index contributed by atoms with van der Waals surface area (Å²) < 4.78 is 19.9. The Morgan fingerprint density at radius 1 is 0.312 bits per heavy atom. The van der Waals surface area contributed by atoms with Crippen molar-refractivity contribution in [1.29, 1.82) is 0 Å². The molecule has 2 heterocycles. The van der Waals surface area contributed by atoms with Gasteiger partial charge in [0.25, 0.3) is 0 Å². The number of benzene rings is 8. The third-order valence-electron chi connectivity index (χ3n) is 21.1. The number of allylic oxidation sites excluding steroid dienone is 4. The number of rotatable bonds is 36. The largest absolute Gasteiger partial charge is 0.469 e. The Hall–Kier alpha value is -11.3. The fraction of sp³-hybridized carbons (Fsp3) is 0.319. The molecule has 8 unspecified atom stereocenters. The summed E-state index contributed by atoms with van der Waals surface area (Å²) in [5, 5.41) is 14.7. The number of methoxy groups -OCH3 is 4. The highest BCUT2D eigenvalue weighted by molar-refractivity contribution is 5.93. The zero-order chi connectivity index (χ0) is 79.7. The fourth-order valence-corrected chi connectivity index (χ4v) is 14.8. The van der Waals surface area contributed by atoms with Crippen LogP contribution in [0.2, 0.25) is 0 Å². The molecular weight excluding hydrogens is 1410 g/mol. The van der Waals surface area contributed by atoms with E-state index in [1.807, 2.05) is 200 Å². The Labute approximate surface area is 658 Å². The van der Waals surface area contributed by atoms with Crippen molar-refractivity contribution < 1.29 is 57.3 Å². The van der Waals surface area contributed by atoms with E-state index in [-0.39, 0.29) is 96.9 Å². The highest BCUT2D eigenvalue weighted by Gasteiger charge is 2.33. The summed E-state index contributed by atoms with van der Waals surface area (Å²) in [5.74, 6) is -3.17. The van der Waals surface area contributed by atoms with E-state index >= 15 is 0 Å². The van der Waals surface area contributed by atoms with Crippen LogP contribution in [0.1, 0.15) is 94.2 Å². The lowest BCUT2D eigenvalue weighted by molar-refractivity contribution is -0.147. The molecule has 584 valence electrons. The van der Waals surface area contributed by atoms with E-state index in [4.69, 9.17) is 18.9 Å². The standard InChI is InChI=1S/C26H28N2O3.C24H27NO3.C23H26N2O3.C21H25NO3/c1-27-24(14-20-16-28-23-10-6-5-9-22(20)23)25(29)15-19(26(30)31-2)13-18-12-11-17-7-3-4-8-21(17)18;1-25-22(14-17-8-4-3-5-9-17)23(26)16-20(24(27)28-2)15-19-13-12-18-10-6-7-11-21(18)19;1-24-21(13-18-15-25-20-11-7-6-10-19(18)20)22(26)14-17(23(27)28-2)12-16-8-4-3-5-9-16;1-22-19(14-17-11-7-4-8-12-17)20(23)15-18(21(24)25-2)13-16-9-5-3-6-10-16/h3-10,12,16,19,24,27-28H,11,13-15H2,1-2H3;3-11,13,20,22,25H,12,14-16H2,1-2H3;3-11,15,17,21,24-25H,12-14H2,1-2H3;3-12,18-19,22H,13-15H2,1-2H3. The number of para-hydroxylation sites is 2. The molecule has 12 rings (SSSR count). The van der Waals surface area contributed by atoms with Crippen LogP contribution in [0.5, 0.6) is 0 Å². The van der Waals surface area contributed by atoms with E-state index in [0.29, 0.717) is 51.4 Å². The molecule has 10 aromatic rings. The first-order valence-electron chi connectivity index (χ1n) is 38.4. The van der Waals surface area contributed by atoms with Gasteiger partial charge in [0.15, 0.2) is 23.1 Å². The second-order valence-electron chi connectivity index (χ2n) is 28.4. The molecule has 8 atom stereocenters. The molecule has 6 N–H and O–H groups in total. The van der Waals surface area contributed by atoms with E-state index in [1.165, 1.54) is 50.7 Å². The van der Waals surface area contributed by atoms with Crippen LogP contribution in [0.4, 0.5) is 0 Å². The number of esters is 4. The fourth-order valence-electron chi connectivity index (χ4n) is 14.8. The van der Waals surface area contributed by atoms with E-state index in [9.17, 15) is 38.4 Å². The lowest BCUT2D eigenvalue weighted by Crippen LogP contribution is -2.38. The van der Waals surface area contributed by atoms with Crippen LogP contribution in [0.3, 0.4) is 0 Å². The molecule has 2 aliphatic carbocycles. The van der Waals surface area contributed by atoms with Crippen LogP contribution in [-0.4, -0.2) is 138 Å². The van der Waals surface area contributed by atoms with Gasteiger partial charge < -0.3 is 50.2 Å². The van der Waals surface area contributed by atoms with Crippen LogP contribution in [-0.2, 0) is 109 Å². The van der Waals surface area contributed by atoms with Gasteiger partial charge in [0.2, 0.25) is 0 Å². The van der Waals surface area contributed by atoms with E-state index < -0.39 is 23.7 Å². The third-order valence-corrected chi connectivity index (χ3v) is 21.1. The summed E-state index contributed by atoms with van der Waals surface area (Å²) in [7, 11) is 12.6. The number of nitrogens with one attached hydrogen (secondary N) is 6. The number of hydrogen-bond acceptors (Lipinski definition) is 16. The van der Waals surface area contributed by atoms with Gasteiger partial charge in [0.05, 0.1) is 76.3 Å². The molecule has 0 saturated carbocycles. The van der Waals surface area contributed by atoms with Crippen molar-refractivity contribution in [3.63, 3.8) is 0 Å². The summed E-state index contributed by atoms with van der Waals surface area (Å²) >= 11 is 0. The maximum Gasteiger partial charge on any atom is 0.309 e. The van der Waals surface area contributed by atoms with Crippen LogP contribution in [0.25, 0.3) is 33.0 Å². The second-order valence-corrected chi connectivity index (χ2v) is 28.4. The van der Waals surface area contributed by atoms with Crippen LogP contribution < -0.4 is 21.3 Å². The number of likely N-dealkylation sites (N-methyl/N-ethyl adjacent to an activating group) is 4. The molecule has 18 nitrogen and oxygen atoms in total. The number of ketones is 4. The zero-order valence-corrected chi connectivity index (χ0v) is 65.5. The lowest BCUT2D eigenvalue weighted by Gasteiger charge is -2.20. The number of Topliss-reactive ketones (excluding diaryl/α,β-unsaturated/α-hetero) is 4. The molecule has 112 heavy (non-hydrogen) atoms. The van der Waals surface area contributed by atoms with Crippen molar-refractivity contribution in [3.05, 3.63) is 299 Å². The summed E-state index contributed by atoms with van der Waals surface area (Å²) in [6.07, 6.45) is 15.0. The lowest BCUT2D eigenvalue weighted by atomic mass is 9.88. The first kappa shape index (κ1) is 84.7. The van der Waals surface area contributed by atoms with Gasteiger partial charge in [-0.15, -0.1) is 0 Å². The number of carbonyl (C=O) groups excluding carboxylic acids is 8. The monoisotopic (exact) mass is 1510 g/mol. The zero-order valence-electron chi connectivity index (χ0n) is 65.5. The molecule has 8 aromatic carbocycles. The Balaban J connectivity index is 0.000000172. The minimum atomic E-state index is -0.492. The Morgan fingerprint density at radius 2 is 0.571 bits per heavy atom. The maximum absolute atomic E-state index is 13.2. The van der Waals surface area contributed by atoms with Crippen molar-refractivity contribution in [3.8, 4) is 0 Å². The van der Waals surface area contributed by atoms with Crippen LogP contribution in [0, 0.1) is 23.7 Å². The topological polar surface area (TPSA) is 253 Å². The van der Waals surface area contributed by atoms with Gasteiger partial charge in [0, 0.05) is 59.9 Å². The van der Waals surface area contributed by atoms with E-state index in [0.717, 1.165) is 79.2 Å². The number of aromatic nitrogens is 2. The van der Waals surface area contributed by atoms with Crippen molar-refractivity contribution >= 4 is 80.0 Å². The van der Waals surface area contributed by atoms with Gasteiger partial charge in [-0.3, -0.25) is 38.4 Å². The Bertz CT molecular complexity index is 4780. The van der Waals surface area contributed by atoms with E-state index in [2.05, 4.69) is 73.7 Å². The number of fused-ring (bicyclic) bond motifs is 4. The number of ether oxygens (including phenoxy) is 4. The number of hydrogen-bond donors (Lipinski definition) is 6.